The summed E-state index contributed by atoms with van der Waals surface area (Å²) in [5.41, 5.74) is 0.812. The Bertz CT molecular complexity index is 496. The first-order valence-electron chi connectivity index (χ1n) is 7.18. The van der Waals surface area contributed by atoms with Crippen LogP contribution >= 0.6 is 11.6 Å². The Morgan fingerprint density at radius 2 is 2.38 bits per heavy atom. The molecule has 1 aliphatic heterocycles. The van der Waals surface area contributed by atoms with Gasteiger partial charge in [0, 0.05) is 43.7 Å². The molecule has 6 heteroatoms. The fourth-order valence-corrected chi connectivity index (χ4v) is 2.61. The van der Waals surface area contributed by atoms with Gasteiger partial charge in [0.1, 0.15) is 5.75 Å². The summed E-state index contributed by atoms with van der Waals surface area (Å²) in [6.45, 7) is 5.08. The van der Waals surface area contributed by atoms with Gasteiger partial charge in [-0.15, -0.1) is 0 Å². The molecule has 1 atom stereocenters. The van der Waals surface area contributed by atoms with Gasteiger partial charge in [-0.05, 0) is 25.1 Å². The summed E-state index contributed by atoms with van der Waals surface area (Å²) in [4.78, 5) is 14.1. The minimum atomic E-state index is 0.178. The van der Waals surface area contributed by atoms with Gasteiger partial charge in [-0.1, -0.05) is 11.6 Å². The highest BCUT2D eigenvalue weighted by Gasteiger charge is 2.19. The number of halogens is 1. The number of piperazine rings is 1. The minimum Gasteiger partial charge on any atom is -0.495 e. The van der Waals surface area contributed by atoms with E-state index in [2.05, 4.69) is 17.6 Å². The molecule has 0 aliphatic carbocycles. The number of hydrogen-bond acceptors (Lipinski definition) is 4. The summed E-state index contributed by atoms with van der Waals surface area (Å²) in [6, 6.07) is 5.75. The number of nitrogens with one attached hydrogen (secondary N) is 2. The first-order valence-corrected chi connectivity index (χ1v) is 7.56. The largest absolute Gasteiger partial charge is 0.495 e. The molecule has 1 fully saturated rings. The van der Waals surface area contributed by atoms with E-state index in [1.165, 1.54) is 0 Å². The van der Waals surface area contributed by atoms with Gasteiger partial charge in [-0.25, -0.2) is 0 Å². The average Bonchev–Trinajstić information content (AvgIpc) is 2.47. The molecule has 0 saturated carbocycles. The molecular weight excluding hydrogens is 290 g/mol. The number of rotatable bonds is 5. The van der Waals surface area contributed by atoms with Crippen molar-refractivity contribution in [3.63, 3.8) is 0 Å². The van der Waals surface area contributed by atoms with Crippen molar-refractivity contribution in [2.75, 3.05) is 38.6 Å². The number of anilines is 1. The number of hydrogen-bond donors (Lipinski definition) is 2. The molecule has 1 saturated heterocycles. The van der Waals surface area contributed by atoms with Gasteiger partial charge >= 0.3 is 0 Å². The second-order valence-corrected chi connectivity index (χ2v) is 5.65. The Morgan fingerprint density at radius 1 is 1.57 bits per heavy atom. The van der Waals surface area contributed by atoms with Crippen molar-refractivity contribution in [2.45, 2.75) is 19.4 Å². The normalized spacial score (nSPS) is 18.4. The molecule has 1 unspecified atom stereocenters. The van der Waals surface area contributed by atoms with Gasteiger partial charge in [0.15, 0.2) is 0 Å². The summed E-state index contributed by atoms with van der Waals surface area (Å²) in [6.07, 6.45) is 0.461. The van der Waals surface area contributed by atoms with Crippen LogP contribution in [0, 0.1) is 0 Å². The van der Waals surface area contributed by atoms with E-state index in [9.17, 15) is 4.79 Å². The summed E-state index contributed by atoms with van der Waals surface area (Å²) >= 11 is 5.98. The third kappa shape index (κ3) is 4.51. The van der Waals surface area contributed by atoms with E-state index in [0.29, 0.717) is 24.0 Å². The zero-order valence-electron chi connectivity index (χ0n) is 12.5. The van der Waals surface area contributed by atoms with Gasteiger partial charge in [0.25, 0.3) is 0 Å². The van der Waals surface area contributed by atoms with E-state index in [1.807, 2.05) is 11.0 Å². The fraction of sp³-hybridized carbons (Fsp3) is 0.533. The minimum absolute atomic E-state index is 0.178. The van der Waals surface area contributed by atoms with Crippen molar-refractivity contribution in [1.29, 1.82) is 0 Å². The van der Waals surface area contributed by atoms with Crippen molar-refractivity contribution in [3.05, 3.63) is 23.2 Å². The predicted octanol–water partition coefficient (Wildman–Crippen LogP) is 1.97. The second kappa shape index (κ2) is 7.52. The topological polar surface area (TPSA) is 53.6 Å². The van der Waals surface area contributed by atoms with Gasteiger partial charge in [-0.3, -0.25) is 4.79 Å². The van der Waals surface area contributed by atoms with Crippen LogP contribution < -0.4 is 15.4 Å². The molecule has 21 heavy (non-hydrogen) atoms. The molecule has 0 aromatic heterocycles. The van der Waals surface area contributed by atoms with Crippen molar-refractivity contribution < 1.29 is 9.53 Å². The average molecular weight is 312 g/mol. The zero-order chi connectivity index (χ0) is 15.2. The van der Waals surface area contributed by atoms with Crippen LogP contribution in [0.15, 0.2) is 18.2 Å². The Balaban J connectivity index is 1.83. The predicted molar refractivity (Wildman–Crippen MR) is 85.2 cm³/mol. The Kier molecular flexibility index (Phi) is 5.70. The molecule has 1 amide bonds. The first kappa shape index (κ1) is 15.9. The zero-order valence-corrected chi connectivity index (χ0v) is 13.2. The van der Waals surface area contributed by atoms with Crippen LogP contribution in [0.25, 0.3) is 0 Å². The molecule has 2 rings (SSSR count). The van der Waals surface area contributed by atoms with E-state index >= 15 is 0 Å². The molecule has 0 spiro atoms. The smallest absolute Gasteiger partial charge is 0.224 e. The maximum atomic E-state index is 12.2. The third-order valence-corrected chi connectivity index (χ3v) is 3.77. The van der Waals surface area contributed by atoms with Crippen LogP contribution in [0.2, 0.25) is 5.02 Å². The van der Waals surface area contributed by atoms with Crippen molar-refractivity contribution in [3.8, 4) is 5.75 Å². The Hall–Kier alpha value is -1.46. The van der Waals surface area contributed by atoms with Gasteiger partial charge in [0.2, 0.25) is 5.91 Å². The Morgan fingerprint density at radius 3 is 3.10 bits per heavy atom. The lowest BCUT2D eigenvalue weighted by molar-refractivity contribution is -0.132. The van der Waals surface area contributed by atoms with Crippen LogP contribution in [0.3, 0.4) is 0 Å². The highest BCUT2D eigenvalue weighted by molar-refractivity contribution is 6.30. The number of ether oxygens (including phenoxy) is 1. The summed E-state index contributed by atoms with van der Waals surface area (Å²) in [5, 5.41) is 7.18. The second-order valence-electron chi connectivity index (χ2n) is 5.22. The number of carbonyl (C=O) groups excluding carboxylic acids is 1. The fourth-order valence-electron chi connectivity index (χ4n) is 2.44. The molecule has 0 bridgehead atoms. The standard InChI is InChI=1S/C15H22ClN3O2/c1-11-10-19(8-7-17-11)15(20)5-6-18-13-9-12(16)3-4-14(13)21-2/h3-4,9,11,17-18H,5-8,10H2,1-2H3. The van der Waals surface area contributed by atoms with Gasteiger partial charge in [-0.2, -0.15) is 0 Å². The molecule has 5 nitrogen and oxygen atoms in total. The SMILES string of the molecule is COc1ccc(Cl)cc1NCCC(=O)N1CCNC(C)C1. The van der Waals surface area contributed by atoms with Crippen molar-refractivity contribution in [2.24, 2.45) is 0 Å². The van der Waals surface area contributed by atoms with Crippen molar-refractivity contribution >= 4 is 23.2 Å². The Labute approximate surface area is 130 Å². The lowest BCUT2D eigenvalue weighted by Gasteiger charge is -2.32. The maximum absolute atomic E-state index is 12.2. The highest BCUT2D eigenvalue weighted by Crippen LogP contribution is 2.27. The molecule has 1 aromatic rings. The highest BCUT2D eigenvalue weighted by atomic mass is 35.5. The van der Waals surface area contributed by atoms with Crippen LogP contribution in [0.5, 0.6) is 5.75 Å². The summed E-state index contributed by atoms with van der Waals surface area (Å²) in [5.74, 6) is 0.902. The molecule has 2 N–H and O–H groups in total. The van der Waals surface area contributed by atoms with Crippen molar-refractivity contribution in [1.82, 2.24) is 10.2 Å². The monoisotopic (exact) mass is 311 g/mol. The molecular formula is C15H22ClN3O2. The van der Waals surface area contributed by atoms with Gasteiger partial charge < -0.3 is 20.3 Å². The van der Waals surface area contributed by atoms with Crippen LogP contribution in [-0.4, -0.2) is 50.1 Å². The molecule has 116 valence electrons. The molecule has 1 aromatic carbocycles. The van der Waals surface area contributed by atoms with E-state index in [0.717, 1.165) is 31.1 Å². The quantitative estimate of drug-likeness (QED) is 0.873. The number of benzene rings is 1. The molecule has 1 aliphatic rings. The lowest BCUT2D eigenvalue weighted by atomic mass is 10.2. The summed E-state index contributed by atoms with van der Waals surface area (Å²) in [7, 11) is 1.61. The molecule has 1 heterocycles. The van der Waals surface area contributed by atoms with Gasteiger partial charge in [0.05, 0.1) is 12.8 Å². The number of nitrogens with zero attached hydrogens (tertiary/aromatic N) is 1. The van der Waals surface area contributed by atoms with E-state index in [1.54, 1.807) is 19.2 Å². The van der Waals surface area contributed by atoms with Crippen LogP contribution in [-0.2, 0) is 4.79 Å². The number of methoxy groups -OCH3 is 1. The first-order chi connectivity index (χ1) is 10.1. The van der Waals surface area contributed by atoms with E-state index in [4.69, 9.17) is 16.3 Å². The maximum Gasteiger partial charge on any atom is 0.224 e. The van der Waals surface area contributed by atoms with Crippen LogP contribution in [0.1, 0.15) is 13.3 Å². The molecule has 0 radical (unpaired) electrons. The number of carbonyl (C=O) groups is 1. The van der Waals surface area contributed by atoms with Crippen LogP contribution in [0.4, 0.5) is 5.69 Å². The number of amides is 1. The van der Waals surface area contributed by atoms with E-state index < -0.39 is 0 Å². The van der Waals surface area contributed by atoms with E-state index in [-0.39, 0.29) is 5.91 Å². The summed E-state index contributed by atoms with van der Waals surface area (Å²) < 4.78 is 5.26. The third-order valence-electron chi connectivity index (χ3n) is 3.54. The lowest BCUT2D eigenvalue weighted by Crippen LogP contribution is -2.51.